The van der Waals surface area contributed by atoms with Crippen molar-refractivity contribution >= 4 is 51.6 Å². The molecule has 0 fully saturated rings. The summed E-state index contributed by atoms with van der Waals surface area (Å²) in [6.07, 6.45) is 0. The molecule has 0 saturated heterocycles. The number of H-pyrrole nitrogens is 1. The van der Waals surface area contributed by atoms with Crippen LogP contribution in [0.3, 0.4) is 0 Å². The fraction of sp³-hybridized carbons (Fsp3) is 0.0870. The van der Waals surface area contributed by atoms with E-state index in [1.807, 2.05) is 30.3 Å². The number of methoxy groups -OCH3 is 2. The summed E-state index contributed by atoms with van der Waals surface area (Å²) in [5.41, 5.74) is 3.34. The van der Waals surface area contributed by atoms with Gasteiger partial charge in [0.2, 0.25) is 0 Å². The lowest BCUT2D eigenvalue weighted by Crippen LogP contribution is -2.34. The van der Waals surface area contributed by atoms with Crippen LogP contribution in [0.1, 0.15) is 10.4 Å². The number of aromatic amines is 1. The molecule has 0 aliphatic heterocycles. The van der Waals surface area contributed by atoms with Crippen molar-refractivity contribution in [3.05, 3.63) is 71.2 Å². The molecular weight excluding hydrogens is 448 g/mol. The van der Waals surface area contributed by atoms with E-state index < -0.39 is 5.91 Å². The van der Waals surface area contributed by atoms with Crippen LogP contribution in [0.5, 0.6) is 11.5 Å². The van der Waals surface area contributed by atoms with Crippen molar-refractivity contribution in [2.45, 2.75) is 0 Å². The number of ether oxygens (including phenoxy) is 2. The molecule has 4 rings (SSSR count). The Morgan fingerprint density at radius 2 is 1.75 bits per heavy atom. The third-order valence-electron chi connectivity index (χ3n) is 4.75. The van der Waals surface area contributed by atoms with Gasteiger partial charge in [-0.1, -0.05) is 29.8 Å². The summed E-state index contributed by atoms with van der Waals surface area (Å²) >= 11 is 11.7. The summed E-state index contributed by atoms with van der Waals surface area (Å²) in [4.78, 5) is 20.7. The molecule has 1 aromatic heterocycles. The Hall–Kier alpha value is -3.62. The molecule has 0 aliphatic carbocycles. The van der Waals surface area contributed by atoms with Crippen LogP contribution in [-0.2, 0) is 0 Å². The Morgan fingerprint density at radius 3 is 2.44 bits per heavy atom. The minimum absolute atomic E-state index is 0.112. The van der Waals surface area contributed by atoms with Gasteiger partial charge in [-0.15, -0.1) is 0 Å². The standard InChI is InChI=1S/C23H19ClN4O3S/c1-30-18-8-5-9-19(31-2)20(18)22(29)28-23(32)25-13-10-11-15(24)14(12-13)21-26-16-6-3-4-7-17(16)27-21/h3-12H,1-2H3,(H,26,27)(H2,25,28,29,32). The smallest absolute Gasteiger partial charge is 0.264 e. The molecule has 32 heavy (non-hydrogen) atoms. The van der Waals surface area contributed by atoms with Crippen LogP contribution in [0.2, 0.25) is 5.02 Å². The lowest BCUT2D eigenvalue weighted by molar-refractivity contribution is 0.0971. The summed E-state index contributed by atoms with van der Waals surface area (Å²) in [6.45, 7) is 0. The highest BCUT2D eigenvalue weighted by Crippen LogP contribution is 2.31. The molecule has 0 atom stereocenters. The first kappa shape index (κ1) is 21.6. The number of hydrogen-bond donors (Lipinski definition) is 3. The number of anilines is 1. The highest BCUT2D eigenvalue weighted by Gasteiger charge is 2.19. The SMILES string of the molecule is COc1cccc(OC)c1C(=O)NC(=S)Nc1ccc(Cl)c(-c2nc3ccccc3[nH]2)c1. The number of benzene rings is 3. The molecule has 0 spiro atoms. The molecule has 0 saturated carbocycles. The summed E-state index contributed by atoms with van der Waals surface area (Å²) in [6, 6.07) is 18.1. The maximum Gasteiger partial charge on any atom is 0.264 e. The van der Waals surface area contributed by atoms with Crippen molar-refractivity contribution in [3.8, 4) is 22.9 Å². The van der Waals surface area contributed by atoms with Crippen LogP contribution < -0.4 is 20.1 Å². The molecule has 0 radical (unpaired) electrons. The molecule has 3 N–H and O–H groups in total. The molecule has 1 amide bonds. The first-order valence-electron chi connectivity index (χ1n) is 9.58. The monoisotopic (exact) mass is 466 g/mol. The van der Waals surface area contributed by atoms with E-state index in [9.17, 15) is 4.79 Å². The van der Waals surface area contributed by atoms with Crippen LogP contribution >= 0.6 is 23.8 Å². The Morgan fingerprint density at radius 1 is 1.03 bits per heavy atom. The second-order valence-electron chi connectivity index (χ2n) is 6.74. The molecule has 4 aromatic rings. The van der Waals surface area contributed by atoms with Crippen LogP contribution in [0.15, 0.2) is 60.7 Å². The van der Waals surface area contributed by atoms with E-state index in [1.54, 1.807) is 30.3 Å². The number of carbonyl (C=O) groups excluding carboxylic acids is 1. The Kier molecular flexibility index (Phi) is 6.25. The molecule has 3 aromatic carbocycles. The maximum absolute atomic E-state index is 12.8. The number of aromatic nitrogens is 2. The molecule has 0 bridgehead atoms. The van der Waals surface area contributed by atoms with Crippen LogP contribution in [0.4, 0.5) is 5.69 Å². The van der Waals surface area contributed by atoms with Crippen LogP contribution in [-0.4, -0.2) is 35.2 Å². The zero-order chi connectivity index (χ0) is 22.7. The predicted octanol–water partition coefficient (Wildman–Crippen LogP) is 5.03. The highest BCUT2D eigenvalue weighted by atomic mass is 35.5. The number of nitrogens with zero attached hydrogens (tertiary/aromatic N) is 1. The van der Waals surface area contributed by atoms with Gasteiger partial charge in [-0.25, -0.2) is 4.98 Å². The van der Waals surface area contributed by atoms with E-state index >= 15 is 0 Å². The van der Waals surface area contributed by atoms with Crippen molar-refractivity contribution in [3.63, 3.8) is 0 Å². The van der Waals surface area contributed by atoms with Gasteiger partial charge in [-0.3, -0.25) is 10.1 Å². The van der Waals surface area contributed by atoms with Crippen molar-refractivity contribution in [2.75, 3.05) is 19.5 Å². The van der Waals surface area contributed by atoms with E-state index in [-0.39, 0.29) is 10.7 Å². The number of imidazole rings is 1. The zero-order valence-electron chi connectivity index (χ0n) is 17.2. The van der Waals surface area contributed by atoms with E-state index in [1.165, 1.54) is 14.2 Å². The fourth-order valence-electron chi connectivity index (χ4n) is 3.27. The molecule has 0 aliphatic rings. The Labute approximate surface area is 194 Å². The first-order valence-corrected chi connectivity index (χ1v) is 10.4. The van der Waals surface area contributed by atoms with Gasteiger partial charge in [0.1, 0.15) is 22.9 Å². The number of nitrogens with one attached hydrogen (secondary N) is 3. The minimum Gasteiger partial charge on any atom is -0.496 e. The van der Waals surface area contributed by atoms with E-state index in [4.69, 9.17) is 33.3 Å². The van der Waals surface area contributed by atoms with Gasteiger partial charge in [0.15, 0.2) is 5.11 Å². The number of halogens is 1. The van der Waals surface area contributed by atoms with Crippen molar-refractivity contribution in [1.29, 1.82) is 0 Å². The van der Waals surface area contributed by atoms with Gasteiger partial charge < -0.3 is 19.8 Å². The normalized spacial score (nSPS) is 10.6. The number of rotatable bonds is 5. The van der Waals surface area contributed by atoms with Gasteiger partial charge in [0, 0.05) is 11.3 Å². The number of carbonyl (C=O) groups is 1. The quantitative estimate of drug-likeness (QED) is 0.358. The second kappa shape index (κ2) is 9.25. The number of hydrogen-bond acceptors (Lipinski definition) is 5. The summed E-state index contributed by atoms with van der Waals surface area (Å²) in [5, 5.41) is 6.30. The Balaban J connectivity index is 1.54. The minimum atomic E-state index is -0.455. The topological polar surface area (TPSA) is 88.3 Å². The van der Waals surface area contributed by atoms with Crippen molar-refractivity contribution < 1.29 is 14.3 Å². The summed E-state index contributed by atoms with van der Waals surface area (Å²) in [7, 11) is 2.96. The summed E-state index contributed by atoms with van der Waals surface area (Å²) in [5.74, 6) is 0.934. The molecule has 1 heterocycles. The lowest BCUT2D eigenvalue weighted by Gasteiger charge is -2.14. The average molecular weight is 467 g/mol. The van der Waals surface area contributed by atoms with Gasteiger partial charge >= 0.3 is 0 Å². The van der Waals surface area contributed by atoms with Crippen molar-refractivity contribution in [1.82, 2.24) is 15.3 Å². The fourth-order valence-corrected chi connectivity index (χ4v) is 3.69. The second-order valence-corrected chi connectivity index (χ2v) is 7.56. The molecule has 162 valence electrons. The van der Waals surface area contributed by atoms with Gasteiger partial charge in [-0.05, 0) is 54.7 Å². The third kappa shape index (κ3) is 4.37. The van der Waals surface area contributed by atoms with E-state index in [0.29, 0.717) is 33.6 Å². The molecule has 9 heteroatoms. The van der Waals surface area contributed by atoms with Crippen LogP contribution in [0.25, 0.3) is 22.4 Å². The Bertz CT molecular complexity index is 1270. The van der Waals surface area contributed by atoms with Gasteiger partial charge in [-0.2, -0.15) is 0 Å². The first-order chi connectivity index (χ1) is 15.5. The molecule has 7 nitrogen and oxygen atoms in total. The van der Waals surface area contributed by atoms with E-state index in [2.05, 4.69) is 20.6 Å². The van der Waals surface area contributed by atoms with E-state index in [0.717, 1.165) is 11.0 Å². The number of para-hydroxylation sites is 2. The molecule has 0 unspecified atom stereocenters. The third-order valence-corrected chi connectivity index (χ3v) is 5.28. The predicted molar refractivity (Wildman–Crippen MR) is 130 cm³/mol. The van der Waals surface area contributed by atoms with Crippen molar-refractivity contribution in [2.24, 2.45) is 0 Å². The van der Waals surface area contributed by atoms with Crippen LogP contribution in [0, 0.1) is 0 Å². The largest absolute Gasteiger partial charge is 0.496 e. The highest BCUT2D eigenvalue weighted by molar-refractivity contribution is 7.80. The van der Waals surface area contributed by atoms with Gasteiger partial charge in [0.05, 0.1) is 30.3 Å². The number of fused-ring (bicyclic) bond motifs is 1. The lowest BCUT2D eigenvalue weighted by atomic mass is 10.1. The summed E-state index contributed by atoms with van der Waals surface area (Å²) < 4.78 is 10.6. The van der Waals surface area contributed by atoms with Gasteiger partial charge in [0.25, 0.3) is 5.91 Å². The maximum atomic E-state index is 12.8. The molecular formula is C23H19ClN4O3S. The zero-order valence-corrected chi connectivity index (χ0v) is 18.8. The number of amides is 1. The number of thiocarbonyl (C=S) groups is 1. The average Bonchev–Trinajstić information content (AvgIpc) is 3.23.